The standard InChI is InChI=1S/C19H23FN4O3.HI/c1-4-21-19(22-12-14-5-8-16(9-6-14)24(25)26)23-13(2)15-7-10-18(27-3)17(20)11-15;/h5-11,13H,4,12H2,1-3H3,(H2,21,22,23);1H. The molecule has 1 unspecified atom stereocenters. The maximum Gasteiger partial charge on any atom is 0.269 e. The molecule has 2 rings (SSSR count). The Bertz CT molecular complexity index is 815. The molecule has 2 aromatic rings. The summed E-state index contributed by atoms with van der Waals surface area (Å²) in [5.74, 6) is 0.348. The number of guanidine groups is 1. The first-order valence-electron chi connectivity index (χ1n) is 8.56. The predicted molar refractivity (Wildman–Crippen MR) is 118 cm³/mol. The molecule has 152 valence electrons. The number of nitrogens with one attached hydrogen (secondary N) is 2. The van der Waals surface area contributed by atoms with Crippen LogP contribution in [0.5, 0.6) is 5.75 Å². The lowest BCUT2D eigenvalue weighted by molar-refractivity contribution is -0.384. The summed E-state index contributed by atoms with van der Waals surface area (Å²) in [7, 11) is 1.42. The number of benzene rings is 2. The number of rotatable bonds is 7. The topological polar surface area (TPSA) is 88.8 Å². The van der Waals surface area contributed by atoms with E-state index < -0.39 is 10.7 Å². The highest BCUT2D eigenvalue weighted by Crippen LogP contribution is 2.21. The summed E-state index contributed by atoms with van der Waals surface area (Å²) in [5.41, 5.74) is 1.65. The Morgan fingerprint density at radius 1 is 1.29 bits per heavy atom. The lowest BCUT2D eigenvalue weighted by Crippen LogP contribution is -2.38. The summed E-state index contributed by atoms with van der Waals surface area (Å²) in [4.78, 5) is 14.8. The largest absolute Gasteiger partial charge is 0.494 e. The Hall–Kier alpha value is -2.43. The molecule has 0 aliphatic carbocycles. The molecule has 9 heteroatoms. The highest BCUT2D eigenvalue weighted by Gasteiger charge is 2.11. The van der Waals surface area contributed by atoms with Crippen molar-refractivity contribution in [3.8, 4) is 5.75 Å². The lowest BCUT2D eigenvalue weighted by atomic mass is 10.1. The molecule has 0 aliphatic rings. The monoisotopic (exact) mass is 502 g/mol. The van der Waals surface area contributed by atoms with Crippen molar-refractivity contribution in [1.82, 2.24) is 10.6 Å². The number of aliphatic imine (C=N–C) groups is 1. The molecule has 7 nitrogen and oxygen atoms in total. The molecule has 0 radical (unpaired) electrons. The van der Waals surface area contributed by atoms with Crippen molar-refractivity contribution >= 4 is 35.6 Å². The Kier molecular flexibility index (Phi) is 9.63. The number of nitro benzene ring substituents is 1. The SMILES string of the molecule is CCNC(=NCc1ccc([N+](=O)[O-])cc1)NC(C)c1ccc(OC)c(F)c1.I. The van der Waals surface area contributed by atoms with Crippen molar-refractivity contribution in [1.29, 1.82) is 0 Å². The van der Waals surface area contributed by atoms with E-state index in [0.29, 0.717) is 19.0 Å². The summed E-state index contributed by atoms with van der Waals surface area (Å²) >= 11 is 0. The minimum atomic E-state index is -0.436. The number of methoxy groups -OCH3 is 1. The van der Waals surface area contributed by atoms with E-state index >= 15 is 0 Å². The van der Waals surface area contributed by atoms with Crippen LogP contribution in [-0.4, -0.2) is 24.5 Å². The lowest BCUT2D eigenvalue weighted by Gasteiger charge is -2.18. The van der Waals surface area contributed by atoms with Crippen LogP contribution in [0, 0.1) is 15.9 Å². The minimum absolute atomic E-state index is 0. The number of hydrogen-bond donors (Lipinski definition) is 2. The third kappa shape index (κ3) is 6.63. The molecule has 0 heterocycles. The van der Waals surface area contributed by atoms with Gasteiger partial charge >= 0.3 is 0 Å². The molecule has 0 amide bonds. The molecule has 2 N–H and O–H groups in total. The average molecular weight is 502 g/mol. The van der Waals surface area contributed by atoms with Gasteiger partial charge in [-0.3, -0.25) is 10.1 Å². The number of hydrogen-bond acceptors (Lipinski definition) is 4. The Labute approximate surface area is 180 Å². The normalized spacial score (nSPS) is 11.9. The predicted octanol–water partition coefficient (Wildman–Crippen LogP) is 4.18. The zero-order valence-electron chi connectivity index (χ0n) is 15.9. The maximum absolute atomic E-state index is 13.9. The summed E-state index contributed by atoms with van der Waals surface area (Å²) in [6.45, 7) is 4.87. The van der Waals surface area contributed by atoms with E-state index in [-0.39, 0.29) is 41.5 Å². The summed E-state index contributed by atoms with van der Waals surface area (Å²) in [6, 6.07) is 10.9. The van der Waals surface area contributed by atoms with Gasteiger partial charge in [0, 0.05) is 18.7 Å². The van der Waals surface area contributed by atoms with Gasteiger partial charge in [-0.2, -0.15) is 0 Å². The zero-order valence-corrected chi connectivity index (χ0v) is 18.3. The van der Waals surface area contributed by atoms with E-state index in [0.717, 1.165) is 11.1 Å². The fourth-order valence-electron chi connectivity index (χ4n) is 2.45. The number of non-ortho nitro benzene ring substituents is 1. The highest BCUT2D eigenvalue weighted by molar-refractivity contribution is 14.0. The molecule has 28 heavy (non-hydrogen) atoms. The zero-order chi connectivity index (χ0) is 19.8. The van der Waals surface area contributed by atoms with Gasteiger partial charge in [-0.15, -0.1) is 24.0 Å². The smallest absolute Gasteiger partial charge is 0.269 e. The van der Waals surface area contributed by atoms with Crippen LogP contribution in [0.1, 0.15) is 31.0 Å². The summed E-state index contributed by atoms with van der Waals surface area (Å²) in [6.07, 6.45) is 0. The quantitative estimate of drug-likeness (QED) is 0.195. The Morgan fingerprint density at radius 3 is 2.50 bits per heavy atom. The van der Waals surface area contributed by atoms with Gasteiger partial charge in [0.05, 0.1) is 24.6 Å². The van der Waals surface area contributed by atoms with Crippen molar-refractivity contribution in [2.45, 2.75) is 26.4 Å². The first-order valence-corrected chi connectivity index (χ1v) is 8.56. The molecular weight excluding hydrogens is 478 g/mol. The van der Waals surface area contributed by atoms with Crippen LogP contribution in [0.4, 0.5) is 10.1 Å². The van der Waals surface area contributed by atoms with Crippen LogP contribution in [0.25, 0.3) is 0 Å². The van der Waals surface area contributed by atoms with E-state index in [1.54, 1.807) is 24.3 Å². The molecule has 0 saturated heterocycles. The summed E-state index contributed by atoms with van der Waals surface area (Å²) in [5, 5.41) is 17.1. The van der Waals surface area contributed by atoms with Crippen LogP contribution in [-0.2, 0) is 6.54 Å². The molecule has 0 aromatic heterocycles. The van der Waals surface area contributed by atoms with Crippen LogP contribution in [0.2, 0.25) is 0 Å². The van der Waals surface area contributed by atoms with Crippen molar-refractivity contribution < 1.29 is 14.1 Å². The van der Waals surface area contributed by atoms with E-state index in [1.807, 2.05) is 13.8 Å². The van der Waals surface area contributed by atoms with Crippen molar-refractivity contribution in [2.24, 2.45) is 4.99 Å². The highest BCUT2D eigenvalue weighted by atomic mass is 127. The number of ether oxygens (including phenoxy) is 1. The molecule has 2 aromatic carbocycles. The number of halogens is 2. The van der Waals surface area contributed by atoms with E-state index in [4.69, 9.17) is 4.74 Å². The first kappa shape index (κ1) is 23.6. The van der Waals surface area contributed by atoms with Gasteiger partial charge in [0.2, 0.25) is 0 Å². The summed E-state index contributed by atoms with van der Waals surface area (Å²) < 4.78 is 18.8. The third-order valence-electron chi connectivity index (χ3n) is 3.94. The minimum Gasteiger partial charge on any atom is -0.494 e. The molecular formula is C19H24FIN4O3. The fourth-order valence-corrected chi connectivity index (χ4v) is 2.45. The fraction of sp³-hybridized carbons (Fsp3) is 0.316. The molecule has 1 atom stereocenters. The van der Waals surface area contributed by atoms with Crippen LogP contribution >= 0.6 is 24.0 Å². The van der Waals surface area contributed by atoms with E-state index in [2.05, 4.69) is 15.6 Å². The van der Waals surface area contributed by atoms with E-state index in [9.17, 15) is 14.5 Å². The Balaban J connectivity index is 0.00000392. The second kappa shape index (κ2) is 11.4. The molecule has 0 saturated carbocycles. The van der Waals surface area contributed by atoms with Crippen LogP contribution in [0.15, 0.2) is 47.5 Å². The number of nitro groups is 1. The van der Waals surface area contributed by atoms with Crippen molar-refractivity contribution in [2.75, 3.05) is 13.7 Å². The third-order valence-corrected chi connectivity index (χ3v) is 3.94. The van der Waals surface area contributed by atoms with Gasteiger partial charge in [-0.1, -0.05) is 18.2 Å². The van der Waals surface area contributed by atoms with Gasteiger partial charge in [0.25, 0.3) is 5.69 Å². The van der Waals surface area contributed by atoms with E-state index in [1.165, 1.54) is 25.3 Å². The Morgan fingerprint density at radius 2 is 1.96 bits per heavy atom. The molecule has 0 spiro atoms. The van der Waals surface area contributed by atoms with Gasteiger partial charge in [-0.25, -0.2) is 9.38 Å². The van der Waals surface area contributed by atoms with Gasteiger partial charge < -0.3 is 15.4 Å². The second-order valence-corrected chi connectivity index (χ2v) is 5.88. The van der Waals surface area contributed by atoms with Crippen molar-refractivity contribution in [3.63, 3.8) is 0 Å². The van der Waals surface area contributed by atoms with Crippen molar-refractivity contribution in [3.05, 3.63) is 69.5 Å². The molecule has 0 fully saturated rings. The average Bonchev–Trinajstić information content (AvgIpc) is 2.66. The van der Waals surface area contributed by atoms with Gasteiger partial charge in [0.1, 0.15) is 0 Å². The number of nitrogens with zero attached hydrogens (tertiary/aromatic N) is 2. The van der Waals surface area contributed by atoms with Gasteiger partial charge in [0.15, 0.2) is 17.5 Å². The molecule has 0 bridgehead atoms. The maximum atomic E-state index is 13.9. The van der Waals surface area contributed by atoms with Crippen LogP contribution < -0.4 is 15.4 Å². The van der Waals surface area contributed by atoms with Crippen LogP contribution in [0.3, 0.4) is 0 Å². The first-order chi connectivity index (χ1) is 12.9. The second-order valence-electron chi connectivity index (χ2n) is 5.88. The molecule has 0 aliphatic heterocycles. The van der Waals surface area contributed by atoms with Gasteiger partial charge in [-0.05, 0) is 37.1 Å².